The summed E-state index contributed by atoms with van der Waals surface area (Å²) in [5, 5.41) is 15.7. The van der Waals surface area contributed by atoms with E-state index < -0.39 is 5.97 Å². The number of aromatic nitrogens is 4. The molecule has 0 spiro atoms. The topological polar surface area (TPSA) is 101 Å². The van der Waals surface area contributed by atoms with Gasteiger partial charge in [-0.05, 0) is 60.4 Å². The van der Waals surface area contributed by atoms with Gasteiger partial charge in [-0.25, -0.2) is 4.79 Å². The zero-order valence-corrected chi connectivity index (χ0v) is 19.2. The zero-order chi connectivity index (χ0) is 23.7. The molecule has 2 heterocycles. The summed E-state index contributed by atoms with van der Waals surface area (Å²) < 4.78 is 9.62. The van der Waals surface area contributed by atoms with Crippen molar-refractivity contribution >= 4 is 40.1 Å². The smallest absolute Gasteiger partial charge is 0.336 e. The standard InChI is InChI=1S/C25H15ClN4O3S/c1-14-2-9-18(11-19(14)24(31)32)33-25-27-21-10-17(20(26)12-22(21)28-25)8-5-15-3-6-16(7-4-15)23-13-34-30-29-23/h2-4,6-7,9-13H,1H3,(H,27,28)(H,31,32). The van der Waals surface area contributed by atoms with Gasteiger partial charge in [-0.1, -0.05) is 46.1 Å². The number of aromatic amines is 1. The molecule has 2 N–H and O–H groups in total. The summed E-state index contributed by atoms with van der Waals surface area (Å²) in [5.41, 5.74) is 5.41. The fraction of sp³-hybridized carbons (Fsp3) is 0.0400. The van der Waals surface area contributed by atoms with E-state index >= 15 is 0 Å². The van der Waals surface area contributed by atoms with Crippen LogP contribution in [0.15, 0.2) is 60.0 Å². The molecule has 166 valence electrons. The molecule has 0 amide bonds. The fourth-order valence-electron chi connectivity index (χ4n) is 3.31. The third kappa shape index (κ3) is 4.48. The molecule has 0 saturated heterocycles. The Morgan fingerprint density at radius 3 is 2.68 bits per heavy atom. The lowest BCUT2D eigenvalue weighted by molar-refractivity contribution is 0.0695. The number of fused-ring (bicyclic) bond motifs is 1. The summed E-state index contributed by atoms with van der Waals surface area (Å²) in [6.45, 7) is 1.73. The predicted octanol–water partition coefficient (Wildman–Crippen LogP) is 5.93. The molecule has 0 aliphatic rings. The van der Waals surface area contributed by atoms with Crippen LogP contribution in [0.4, 0.5) is 0 Å². The number of rotatable bonds is 4. The Labute approximate surface area is 203 Å². The van der Waals surface area contributed by atoms with Crippen LogP contribution in [-0.2, 0) is 0 Å². The number of benzene rings is 3. The van der Waals surface area contributed by atoms with Gasteiger partial charge in [0.15, 0.2) is 0 Å². The number of aromatic carboxylic acids is 1. The molecule has 3 aromatic carbocycles. The molecule has 5 rings (SSSR count). The van der Waals surface area contributed by atoms with Crippen LogP contribution < -0.4 is 4.74 Å². The van der Waals surface area contributed by atoms with E-state index in [2.05, 4.69) is 31.4 Å². The van der Waals surface area contributed by atoms with Crippen LogP contribution in [0.25, 0.3) is 22.3 Å². The molecule has 0 bridgehead atoms. The van der Waals surface area contributed by atoms with Crippen LogP contribution >= 0.6 is 23.1 Å². The lowest BCUT2D eigenvalue weighted by atomic mass is 10.1. The first kappa shape index (κ1) is 21.6. The molecule has 0 fully saturated rings. The quantitative estimate of drug-likeness (QED) is 0.305. The van der Waals surface area contributed by atoms with Crippen molar-refractivity contribution in [2.24, 2.45) is 0 Å². The molecule has 0 aliphatic carbocycles. The highest BCUT2D eigenvalue weighted by atomic mass is 35.5. The Morgan fingerprint density at radius 1 is 1.12 bits per heavy atom. The van der Waals surface area contributed by atoms with E-state index in [0.29, 0.717) is 32.9 Å². The van der Waals surface area contributed by atoms with Gasteiger partial charge in [-0.15, -0.1) is 5.10 Å². The van der Waals surface area contributed by atoms with Gasteiger partial charge in [0.2, 0.25) is 0 Å². The number of aryl methyl sites for hydroxylation is 1. The number of nitrogens with zero attached hydrogens (tertiary/aromatic N) is 3. The van der Waals surface area contributed by atoms with Crippen molar-refractivity contribution in [2.45, 2.75) is 6.92 Å². The summed E-state index contributed by atoms with van der Waals surface area (Å²) >= 11 is 7.74. The molecule has 7 nitrogen and oxygen atoms in total. The number of ether oxygens (including phenoxy) is 1. The van der Waals surface area contributed by atoms with Gasteiger partial charge < -0.3 is 14.8 Å². The van der Waals surface area contributed by atoms with Crippen molar-refractivity contribution in [2.75, 3.05) is 0 Å². The third-order valence-corrected chi connectivity index (χ3v) is 5.90. The fourth-order valence-corrected chi connectivity index (χ4v) is 3.98. The second-order valence-corrected chi connectivity index (χ2v) is 8.41. The normalized spacial score (nSPS) is 10.6. The first-order valence-corrected chi connectivity index (χ1v) is 11.3. The molecule has 2 aromatic heterocycles. The second kappa shape index (κ2) is 8.98. The average molecular weight is 487 g/mol. The molecule has 0 saturated carbocycles. The highest BCUT2D eigenvalue weighted by Gasteiger charge is 2.12. The van der Waals surface area contributed by atoms with Crippen LogP contribution in [0.2, 0.25) is 5.02 Å². The van der Waals surface area contributed by atoms with E-state index in [9.17, 15) is 9.90 Å². The zero-order valence-electron chi connectivity index (χ0n) is 17.7. The minimum absolute atomic E-state index is 0.172. The van der Waals surface area contributed by atoms with Gasteiger partial charge in [-0.3, -0.25) is 0 Å². The van der Waals surface area contributed by atoms with Gasteiger partial charge in [0, 0.05) is 22.1 Å². The summed E-state index contributed by atoms with van der Waals surface area (Å²) in [5.74, 6) is 5.57. The Hall–Kier alpha value is -4.19. The second-order valence-electron chi connectivity index (χ2n) is 7.39. The minimum Gasteiger partial charge on any atom is -0.478 e. The van der Waals surface area contributed by atoms with Crippen molar-refractivity contribution in [1.29, 1.82) is 0 Å². The largest absolute Gasteiger partial charge is 0.478 e. The van der Waals surface area contributed by atoms with Crippen molar-refractivity contribution in [1.82, 2.24) is 19.6 Å². The Kier molecular flexibility index (Phi) is 5.72. The summed E-state index contributed by atoms with van der Waals surface area (Å²) in [6, 6.07) is 16.3. The number of halogens is 1. The number of H-pyrrole nitrogens is 1. The van der Waals surface area contributed by atoms with Gasteiger partial charge in [0.05, 0.1) is 21.6 Å². The molecule has 0 unspecified atom stereocenters. The highest BCUT2D eigenvalue weighted by molar-refractivity contribution is 7.03. The molecular formula is C25H15ClN4O3S. The molecular weight excluding hydrogens is 472 g/mol. The number of imidazole rings is 1. The SMILES string of the molecule is Cc1ccc(Oc2nc3cc(Cl)c(C#Cc4ccc(-c5csnn5)cc4)cc3[nH]2)cc1C(=O)O. The average Bonchev–Trinajstić information content (AvgIpc) is 3.49. The lowest BCUT2D eigenvalue weighted by Crippen LogP contribution is -2.00. The molecule has 0 aliphatic heterocycles. The first-order valence-electron chi connectivity index (χ1n) is 10.1. The van der Waals surface area contributed by atoms with Gasteiger partial charge in [-0.2, -0.15) is 4.98 Å². The van der Waals surface area contributed by atoms with Crippen LogP contribution in [0.5, 0.6) is 11.8 Å². The van der Waals surface area contributed by atoms with Crippen molar-refractivity contribution in [3.63, 3.8) is 0 Å². The van der Waals surface area contributed by atoms with Crippen LogP contribution in [0, 0.1) is 18.8 Å². The van der Waals surface area contributed by atoms with Crippen molar-refractivity contribution < 1.29 is 14.6 Å². The molecule has 0 radical (unpaired) electrons. The van der Waals surface area contributed by atoms with Crippen molar-refractivity contribution in [3.8, 4) is 34.9 Å². The maximum Gasteiger partial charge on any atom is 0.336 e. The Morgan fingerprint density at radius 2 is 1.94 bits per heavy atom. The summed E-state index contributed by atoms with van der Waals surface area (Å²) in [4.78, 5) is 18.8. The van der Waals surface area contributed by atoms with E-state index in [4.69, 9.17) is 16.3 Å². The summed E-state index contributed by atoms with van der Waals surface area (Å²) in [6.07, 6.45) is 0. The van der Waals surface area contributed by atoms with E-state index in [1.807, 2.05) is 29.6 Å². The third-order valence-electron chi connectivity index (χ3n) is 5.09. The van der Waals surface area contributed by atoms with E-state index in [-0.39, 0.29) is 11.6 Å². The molecule has 0 atom stereocenters. The maximum atomic E-state index is 11.4. The van der Waals surface area contributed by atoms with Crippen LogP contribution in [0.1, 0.15) is 27.0 Å². The molecule has 34 heavy (non-hydrogen) atoms. The predicted molar refractivity (Wildman–Crippen MR) is 131 cm³/mol. The van der Waals surface area contributed by atoms with Gasteiger partial charge in [0.1, 0.15) is 11.4 Å². The number of hydrogen-bond acceptors (Lipinski definition) is 6. The molecule has 5 aromatic rings. The summed E-state index contributed by atoms with van der Waals surface area (Å²) in [7, 11) is 0. The number of carboxylic acids is 1. The van der Waals surface area contributed by atoms with E-state index in [1.54, 1.807) is 31.2 Å². The van der Waals surface area contributed by atoms with E-state index in [0.717, 1.165) is 16.8 Å². The van der Waals surface area contributed by atoms with Crippen molar-refractivity contribution in [3.05, 3.63) is 87.3 Å². The number of hydrogen-bond donors (Lipinski definition) is 2. The monoisotopic (exact) mass is 486 g/mol. The maximum absolute atomic E-state index is 11.4. The Balaban J connectivity index is 1.39. The Bertz CT molecular complexity index is 1580. The van der Waals surface area contributed by atoms with Gasteiger partial charge >= 0.3 is 5.97 Å². The highest BCUT2D eigenvalue weighted by Crippen LogP contribution is 2.27. The lowest BCUT2D eigenvalue weighted by Gasteiger charge is -2.05. The minimum atomic E-state index is -1.02. The van der Waals surface area contributed by atoms with Crippen LogP contribution in [-0.4, -0.2) is 30.6 Å². The molecule has 9 heteroatoms. The number of carbonyl (C=O) groups is 1. The number of nitrogens with one attached hydrogen (secondary N) is 1. The van der Waals surface area contributed by atoms with Gasteiger partial charge in [0.25, 0.3) is 6.01 Å². The van der Waals surface area contributed by atoms with E-state index in [1.165, 1.54) is 17.6 Å². The first-order chi connectivity index (χ1) is 16.5. The van der Waals surface area contributed by atoms with Crippen LogP contribution in [0.3, 0.4) is 0 Å². The number of carboxylic acid groups (broad SMARTS) is 1.